The molecule has 0 radical (unpaired) electrons. The van der Waals surface area contributed by atoms with Crippen molar-refractivity contribution in [2.24, 2.45) is 4.99 Å². The van der Waals surface area contributed by atoms with Crippen molar-refractivity contribution in [2.75, 3.05) is 20.7 Å². The number of hydrogen-bond acceptors (Lipinski definition) is 2. The number of methoxy groups -OCH3 is 1. The molecule has 0 heterocycles. The van der Waals surface area contributed by atoms with E-state index in [1.165, 1.54) is 16.7 Å². The van der Waals surface area contributed by atoms with Crippen LogP contribution in [0.4, 0.5) is 5.69 Å². The lowest BCUT2D eigenvalue weighted by Gasteiger charge is -2.11. The van der Waals surface area contributed by atoms with Gasteiger partial charge in [-0.2, -0.15) is 0 Å². The first-order valence-corrected chi connectivity index (χ1v) is 8.07. The van der Waals surface area contributed by atoms with E-state index < -0.39 is 0 Å². The van der Waals surface area contributed by atoms with Crippen LogP contribution in [0.15, 0.2) is 41.4 Å². The summed E-state index contributed by atoms with van der Waals surface area (Å²) < 4.78 is 5.19. The van der Waals surface area contributed by atoms with Gasteiger partial charge in [0.15, 0.2) is 0 Å². The minimum absolute atomic E-state index is 0.680. The van der Waals surface area contributed by atoms with Gasteiger partial charge in [-0.3, -0.25) is 0 Å². The summed E-state index contributed by atoms with van der Waals surface area (Å²) in [4.78, 5) is 6.47. The van der Waals surface area contributed by atoms with Gasteiger partial charge in [-0.1, -0.05) is 23.7 Å². The van der Waals surface area contributed by atoms with Crippen LogP contribution in [0.1, 0.15) is 23.6 Å². The van der Waals surface area contributed by atoms with Crippen molar-refractivity contribution >= 4 is 23.6 Å². The number of aliphatic imine (C=N–C) groups is 1. The molecule has 2 rings (SSSR count). The number of halogens is 1. The summed E-state index contributed by atoms with van der Waals surface area (Å²) in [7, 11) is 3.66. The maximum atomic E-state index is 6.39. The highest BCUT2D eigenvalue weighted by molar-refractivity contribution is 6.33. The molecule has 0 atom stereocenters. The van der Waals surface area contributed by atoms with Gasteiger partial charge >= 0.3 is 0 Å². The first-order chi connectivity index (χ1) is 11.0. The maximum absolute atomic E-state index is 6.39. The average molecular weight is 331 g/mol. The predicted molar refractivity (Wildman–Crippen MR) is 98.4 cm³/mol. The molecule has 0 saturated heterocycles. The molecule has 0 aliphatic carbocycles. The largest absolute Gasteiger partial charge is 0.497 e. The van der Waals surface area contributed by atoms with Gasteiger partial charge in [-0.25, -0.2) is 4.99 Å². The fourth-order valence-electron chi connectivity index (χ4n) is 2.20. The van der Waals surface area contributed by atoms with Crippen molar-refractivity contribution in [1.29, 1.82) is 0 Å². The standard InChI is InChI=1S/C19H23ClN2O/c1-5-22(3)13-21-19-10-14(2)16(12-18(19)20)11-15-6-8-17(23-4)9-7-15/h6-10,12-13H,5,11H2,1-4H3. The van der Waals surface area contributed by atoms with Gasteiger partial charge in [0.1, 0.15) is 5.75 Å². The van der Waals surface area contributed by atoms with Gasteiger partial charge in [0, 0.05) is 13.6 Å². The van der Waals surface area contributed by atoms with Gasteiger partial charge in [-0.05, 0) is 61.2 Å². The lowest BCUT2D eigenvalue weighted by Crippen LogP contribution is -2.14. The second-order valence-corrected chi connectivity index (χ2v) is 5.98. The summed E-state index contributed by atoms with van der Waals surface area (Å²) in [6.45, 7) is 5.09. The van der Waals surface area contributed by atoms with E-state index in [4.69, 9.17) is 16.3 Å². The Balaban J connectivity index is 2.20. The zero-order valence-corrected chi connectivity index (χ0v) is 14.9. The van der Waals surface area contributed by atoms with Gasteiger partial charge in [-0.15, -0.1) is 0 Å². The van der Waals surface area contributed by atoms with Crippen molar-refractivity contribution in [1.82, 2.24) is 4.90 Å². The monoisotopic (exact) mass is 330 g/mol. The van der Waals surface area contributed by atoms with E-state index in [0.29, 0.717) is 5.02 Å². The Morgan fingerprint density at radius 1 is 1.22 bits per heavy atom. The van der Waals surface area contributed by atoms with Crippen molar-refractivity contribution < 1.29 is 4.74 Å². The van der Waals surface area contributed by atoms with Crippen LogP contribution in [0.2, 0.25) is 5.02 Å². The molecule has 0 aliphatic heterocycles. The smallest absolute Gasteiger partial charge is 0.118 e. The highest BCUT2D eigenvalue weighted by Gasteiger charge is 2.07. The molecule has 0 aromatic heterocycles. The Morgan fingerprint density at radius 2 is 1.91 bits per heavy atom. The zero-order valence-electron chi connectivity index (χ0n) is 14.1. The van der Waals surface area contributed by atoms with Gasteiger partial charge < -0.3 is 9.64 Å². The topological polar surface area (TPSA) is 24.8 Å². The average Bonchev–Trinajstić information content (AvgIpc) is 2.57. The quantitative estimate of drug-likeness (QED) is 0.558. The molecule has 0 N–H and O–H groups in total. The normalized spacial score (nSPS) is 11.0. The van der Waals surface area contributed by atoms with Crippen molar-refractivity contribution in [3.8, 4) is 5.75 Å². The lowest BCUT2D eigenvalue weighted by molar-refractivity contribution is 0.414. The minimum Gasteiger partial charge on any atom is -0.497 e. The molecule has 2 aromatic rings. The van der Waals surface area contributed by atoms with Crippen LogP contribution in [0.25, 0.3) is 0 Å². The van der Waals surface area contributed by atoms with E-state index in [1.807, 2.05) is 42.6 Å². The third kappa shape index (κ3) is 4.73. The fourth-order valence-corrected chi connectivity index (χ4v) is 2.44. The van der Waals surface area contributed by atoms with Crippen LogP contribution in [0.5, 0.6) is 5.75 Å². The Bertz CT molecular complexity index is 681. The SMILES string of the molecule is CCN(C)C=Nc1cc(C)c(Cc2ccc(OC)cc2)cc1Cl. The summed E-state index contributed by atoms with van der Waals surface area (Å²) in [5.74, 6) is 0.869. The van der Waals surface area contributed by atoms with E-state index >= 15 is 0 Å². The summed E-state index contributed by atoms with van der Waals surface area (Å²) in [6.07, 6.45) is 2.65. The summed E-state index contributed by atoms with van der Waals surface area (Å²) in [5, 5.41) is 0.680. The Labute approximate surface area is 143 Å². The van der Waals surface area contributed by atoms with E-state index in [2.05, 4.69) is 31.0 Å². The van der Waals surface area contributed by atoms with Gasteiger partial charge in [0.05, 0.1) is 24.2 Å². The van der Waals surface area contributed by atoms with Crippen molar-refractivity contribution in [3.05, 3.63) is 58.1 Å². The molecule has 122 valence electrons. The molecular weight excluding hydrogens is 308 g/mol. The van der Waals surface area contributed by atoms with Crippen LogP contribution in [0.3, 0.4) is 0 Å². The molecule has 2 aromatic carbocycles. The number of ether oxygens (including phenoxy) is 1. The zero-order chi connectivity index (χ0) is 16.8. The molecule has 0 fully saturated rings. The lowest BCUT2D eigenvalue weighted by atomic mass is 10.00. The summed E-state index contributed by atoms with van der Waals surface area (Å²) in [6, 6.07) is 12.2. The van der Waals surface area contributed by atoms with E-state index in [9.17, 15) is 0 Å². The number of nitrogens with zero attached hydrogens (tertiary/aromatic N) is 2. The summed E-state index contributed by atoms with van der Waals surface area (Å²) in [5.41, 5.74) is 4.44. The van der Waals surface area contributed by atoms with Crippen LogP contribution in [-0.2, 0) is 6.42 Å². The number of benzene rings is 2. The van der Waals surface area contributed by atoms with Crippen LogP contribution in [0, 0.1) is 6.92 Å². The Kier molecular flexibility index (Phi) is 6.05. The molecule has 0 spiro atoms. The molecule has 0 unspecified atom stereocenters. The highest BCUT2D eigenvalue weighted by atomic mass is 35.5. The maximum Gasteiger partial charge on any atom is 0.118 e. The first-order valence-electron chi connectivity index (χ1n) is 7.70. The second-order valence-electron chi connectivity index (χ2n) is 5.57. The molecule has 0 bridgehead atoms. The van der Waals surface area contributed by atoms with Crippen LogP contribution < -0.4 is 4.74 Å². The Hall–Kier alpha value is -2.00. The van der Waals surface area contributed by atoms with Gasteiger partial charge in [0.2, 0.25) is 0 Å². The molecule has 0 saturated carbocycles. The number of aryl methyl sites for hydroxylation is 1. The van der Waals surface area contributed by atoms with Crippen molar-refractivity contribution in [2.45, 2.75) is 20.3 Å². The van der Waals surface area contributed by atoms with Crippen LogP contribution in [-0.4, -0.2) is 31.9 Å². The minimum atomic E-state index is 0.680. The molecule has 0 amide bonds. The molecule has 23 heavy (non-hydrogen) atoms. The van der Waals surface area contributed by atoms with E-state index in [1.54, 1.807) is 7.11 Å². The third-order valence-electron chi connectivity index (χ3n) is 3.85. The molecule has 3 nitrogen and oxygen atoms in total. The van der Waals surface area contributed by atoms with Gasteiger partial charge in [0.25, 0.3) is 0 Å². The van der Waals surface area contributed by atoms with Crippen LogP contribution >= 0.6 is 11.6 Å². The number of hydrogen-bond donors (Lipinski definition) is 0. The fraction of sp³-hybridized carbons (Fsp3) is 0.316. The third-order valence-corrected chi connectivity index (χ3v) is 4.15. The molecule has 0 aliphatic rings. The molecular formula is C19H23ClN2O. The number of rotatable bonds is 6. The molecule has 4 heteroatoms. The first kappa shape index (κ1) is 17.4. The van der Waals surface area contributed by atoms with Crippen molar-refractivity contribution in [3.63, 3.8) is 0 Å². The van der Waals surface area contributed by atoms with E-state index in [-0.39, 0.29) is 0 Å². The predicted octanol–water partition coefficient (Wildman–Crippen LogP) is 4.86. The van der Waals surface area contributed by atoms with E-state index in [0.717, 1.165) is 24.4 Å². The highest BCUT2D eigenvalue weighted by Crippen LogP contribution is 2.29. The summed E-state index contributed by atoms with van der Waals surface area (Å²) >= 11 is 6.39. The second kappa shape index (κ2) is 8.02. The Morgan fingerprint density at radius 3 is 2.52 bits per heavy atom.